The summed E-state index contributed by atoms with van der Waals surface area (Å²) in [6, 6.07) is 7.44. The van der Waals surface area contributed by atoms with E-state index in [4.69, 9.17) is 4.74 Å². The minimum Gasteiger partial charge on any atom is -0.493 e. The van der Waals surface area contributed by atoms with Crippen molar-refractivity contribution in [3.05, 3.63) is 36.0 Å². The second-order valence-corrected chi connectivity index (χ2v) is 4.89. The Labute approximate surface area is 114 Å². The summed E-state index contributed by atoms with van der Waals surface area (Å²) in [6.45, 7) is 0.601. The van der Waals surface area contributed by atoms with Crippen LogP contribution in [0.2, 0.25) is 0 Å². The van der Waals surface area contributed by atoms with E-state index in [2.05, 4.69) is 20.2 Å². The van der Waals surface area contributed by atoms with Crippen molar-refractivity contribution in [1.29, 1.82) is 0 Å². The number of fused-ring (bicyclic) bond motifs is 1. The predicted octanol–water partition coefficient (Wildman–Crippen LogP) is 2.18. The molecule has 1 aliphatic heterocycles. The molecule has 0 fully saturated rings. The molecule has 98 valence electrons. The van der Waals surface area contributed by atoms with Gasteiger partial charge in [-0.25, -0.2) is 4.79 Å². The average molecular weight is 276 g/mol. The van der Waals surface area contributed by atoms with Gasteiger partial charge in [0.2, 0.25) is 0 Å². The van der Waals surface area contributed by atoms with Crippen molar-refractivity contribution in [3.63, 3.8) is 0 Å². The zero-order chi connectivity index (χ0) is 13.1. The van der Waals surface area contributed by atoms with E-state index in [0.29, 0.717) is 11.6 Å². The van der Waals surface area contributed by atoms with Crippen molar-refractivity contribution >= 4 is 22.6 Å². The number of amides is 2. The van der Waals surface area contributed by atoms with E-state index in [1.165, 1.54) is 6.20 Å². The monoisotopic (exact) mass is 276 g/mol. The molecule has 0 saturated carbocycles. The Balaban J connectivity index is 1.69. The van der Waals surface area contributed by atoms with Crippen molar-refractivity contribution in [2.75, 3.05) is 11.9 Å². The summed E-state index contributed by atoms with van der Waals surface area (Å²) in [4.78, 5) is 11.9. The molecule has 1 aromatic carbocycles. The number of carbonyl (C=O) groups is 1. The quantitative estimate of drug-likeness (QED) is 0.881. The molecule has 3 rings (SSSR count). The smallest absolute Gasteiger partial charge is 0.320 e. The third-order valence-electron chi connectivity index (χ3n) is 2.86. The van der Waals surface area contributed by atoms with Gasteiger partial charge in [0.25, 0.3) is 0 Å². The van der Waals surface area contributed by atoms with E-state index >= 15 is 0 Å². The number of urea groups is 1. The van der Waals surface area contributed by atoms with Crippen LogP contribution >= 0.6 is 11.5 Å². The lowest BCUT2D eigenvalue weighted by molar-refractivity contribution is 0.232. The van der Waals surface area contributed by atoms with E-state index in [0.717, 1.165) is 29.3 Å². The van der Waals surface area contributed by atoms with Gasteiger partial charge in [0.05, 0.1) is 18.8 Å². The Morgan fingerprint density at radius 2 is 2.32 bits per heavy atom. The van der Waals surface area contributed by atoms with Crippen molar-refractivity contribution in [3.8, 4) is 5.75 Å². The zero-order valence-electron chi connectivity index (χ0n) is 10.00. The number of ether oxygens (including phenoxy) is 1. The summed E-state index contributed by atoms with van der Waals surface area (Å²) in [5.41, 5.74) is 1.01. The Bertz CT molecular complexity index is 573. The maximum absolute atomic E-state index is 11.9. The SMILES string of the molecule is O=C(Nc1cnns1)N[C@@H]1CCOc2ccccc21. The van der Waals surface area contributed by atoms with Crippen LogP contribution in [0.5, 0.6) is 5.75 Å². The molecule has 2 aromatic rings. The maximum atomic E-state index is 11.9. The van der Waals surface area contributed by atoms with Gasteiger partial charge in [-0.3, -0.25) is 5.32 Å². The number of benzene rings is 1. The molecule has 6 nitrogen and oxygen atoms in total. The summed E-state index contributed by atoms with van der Waals surface area (Å²) < 4.78 is 9.24. The van der Waals surface area contributed by atoms with Gasteiger partial charge in [0.1, 0.15) is 10.8 Å². The fourth-order valence-corrected chi connectivity index (χ4v) is 2.44. The Hall–Kier alpha value is -2.15. The van der Waals surface area contributed by atoms with Gasteiger partial charge < -0.3 is 10.1 Å². The van der Waals surface area contributed by atoms with Crippen LogP contribution < -0.4 is 15.4 Å². The highest BCUT2D eigenvalue weighted by atomic mass is 32.1. The molecule has 1 aliphatic rings. The standard InChI is InChI=1S/C12H12N4O2S/c17-12(15-11-7-13-16-19-11)14-9-5-6-18-10-4-2-1-3-8(9)10/h1-4,7,9H,5-6H2,(H2,14,15,17)/t9-/m1/s1. The Morgan fingerprint density at radius 3 is 3.16 bits per heavy atom. The second-order valence-electron chi connectivity index (χ2n) is 4.11. The summed E-state index contributed by atoms with van der Waals surface area (Å²) in [6.07, 6.45) is 2.27. The highest BCUT2D eigenvalue weighted by Crippen LogP contribution is 2.31. The van der Waals surface area contributed by atoms with Crippen LogP contribution in [0, 0.1) is 0 Å². The van der Waals surface area contributed by atoms with Crippen molar-refractivity contribution in [1.82, 2.24) is 14.9 Å². The van der Waals surface area contributed by atoms with Crippen LogP contribution in [-0.4, -0.2) is 22.2 Å². The van der Waals surface area contributed by atoms with Crippen molar-refractivity contribution in [2.24, 2.45) is 0 Å². The van der Waals surface area contributed by atoms with Crippen molar-refractivity contribution < 1.29 is 9.53 Å². The molecule has 0 bridgehead atoms. The van der Waals surface area contributed by atoms with Crippen LogP contribution in [0.25, 0.3) is 0 Å². The number of hydrogen-bond acceptors (Lipinski definition) is 5. The average Bonchev–Trinajstić information content (AvgIpc) is 2.92. The van der Waals surface area contributed by atoms with Gasteiger partial charge in [0, 0.05) is 23.5 Å². The minimum atomic E-state index is -0.257. The second kappa shape index (κ2) is 5.23. The van der Waals surface area contributed by atoms with Crippen LogP contribution in [0.4, 0.5) is 9.80 Å². The zero-order valence-corrected chi connectivity index (χ0v) is 10.8. The summed E-state index contributed by atoms with van der Waals surface area (Å²) in [5, 5.41) is 9.92. The van der Waals surface area contributed by atoms with E-state index in [1.807, 2.05) is 24.3 Å². The molecular weight excluding hydrogens is 264 g/mol. The van der Waals surface area contributed by atoms with Crippen LogP contribution in [0.3, 0.4) is 0 Å². The van der Waals surface area contributed by atoms with Crippen LogP contribution in [-0.2, 0) is 0 Å². The highest BCUT2D eigenvalue weighted by molar-refractivity contribution is 7.10. The third kappa shape index (κ3) is 2.65. The lowest BCUT2D eigenvalue weighted by Gasteiger charge is -2.26. The lowest BCUT2D eigenvalue weighted by Crippen LogP contribution is -2.35. The van der Waals surface area contributed by atoms with Crippen LogP contribution in [0.15, 0.2) is 30.5 Å². The first-order valence-electron chi connectivity index (χ1n) is 5.89. The largest absolute Gasteiger partial charge is 0.493 e. The molecule has 0 spiro atoms. The predicted molar refractivity (Wildman–Crippen MR) is 71.4 cm³/mol. The Kier molecular flexibility index (Phi) is 3.28. The lowest BCUT2D eigenvalue weighted by atomic mass is 10.0. The first-order valence-corrected chi connectivity index (χ1v) is 6.67. The normalized spacial score (nSPS) is 17.2. The van der Waals surface area contributed by atoms with Gasteiger partial charge in [-0.05, 0) is 6.07 Å². The fourth-order valence-electron chi connectivity index (χ4n) is 2.02. The molecule has 19 heavy (non-hydrogen) atoms. The summed E-state index contributed by atoms with van der Waals surface area (Å²) >= 11 is 1.14. The molecule has 0 unspecified atom stereocenters. The number of rotatable bonds is 2. The first-order chi connectivity index (χ1) is 9.33. The molecule has 0 radical (unpaired) electrons. The molecule has 2 heterocycles. The van der Waals surface area contributed by atoms with Gasteiger partial charge >= 0.3 is 6.03 Å². The van der Waals surface area contributed by atoms with Gasteiger partial charge in [0.15, 0.2) is 0 Å². The molecular formula is C12H12N4O2S. The summed E-state index contributed by atoms with van der Waals surface area (Å²) in [7, 11) is 0. The van der Waals surface area contributed by atoms with Gasteiger partial charge in [-0.2, -0.15) is 0 Å². The van der Waals surface area contributed by atoms with E-state index in [9.17, 15) is 4.79 Å². The van der Waals surface area contributed by atoms with Crippen molar-refractivity contribution in [2.45, 2.75) is 12.5 Å². The van der Waals surface area contributed by atoms with E-state index < -0.39 is 0 Å². The van der Waals surface area contributed by atoms with Gasteiger partial charge in [-0.1, -0.05) is 22.7 Å². The number of nitrogens with one attached hydrogen (secondary N) is 2. The summed E-state index contributed by atoms with van der Waals surface area (Å²) in [5.74, 6) is 0.832. The molecule has 2 N–H and O–H groups in total. The maximum Gasteiger partial charge on any atom is 0.320 e. The number of nitrogens with zero attached hydrogens (tertiary/aromatic N) is 2. The van der Waals surface area contributed by atoms with Gasteiger partial charge in [-0.15, -0.1) is 5.10 Å². The number of hydrogen-bond donors (Lipinski definition) is 2. The topological polar surface area (TPSA) is 76.1 Å². The molecule has 0 aliphatic carbocycles. The molecule has 2 amide bonds. The van der Waals surface area contributed by atoms with E-state index in [-0.39, 0.29) is 12.1 Å². The number of aromatic nitrogens is 2. The third-order valence-corrected chi connectivity index (χ3v) is 3.44. The number of carbonyl (C=O) groups excluding carboxylic acids is 1. The Morgan fingerprint density at radius 1 is 1.42 bits per heavy atom. The highest BCUT2D eigenvalue weighted by Gasteiger charge is 2.22. The van der Waals surface area contributed by atoms with E-state index in [1.54, 1.807) is 0 Å². The number of anilines is 1. The van der Waals surface area contributed by atoms with Crippen LogP contribution in [0.1, 0.15) is 18.0 Å². The molecule has 1 aromatic heterocycles. The molecule has 0 saturated heterocycles. The number of para-hydroxylation sites is 1. The molecule has 7 heteroatoms. The fraction of sp³-hybridized carbons (Fsp3) is 0.250. The first kappa shape index (κ1) is 11.9. The minimum absolute atomic E-state index is 0.0363. The molecule has 1 atom stereocenters.